The van der Waals surface area contributed by atoms with E-state index in [0.29, 0.717) is 13.0 Å². The van der Waals surface area contributed by atoms with Crippen LogP contribution in [0.4, 0.5) is 0 Å². The van der Waals surface area contributed by atoms with Crippen molar-refractivity contribution in [3.8, 4) is 0 Å². The number of aliphatic hydroxyl groups excluding tert-OH is 1. The van der Waals surface area contributed by atoms with Crippen LogP contribution in [0.15, 0.2) is 0 Å². The average Bonchev–Trinajstić information content (AvgIpc) is 2.59. The summed E-state index contributed by atoms with van der Waals surface area (Å²) in [6.07, 6.45) is -0.128. The molecule has 1 heterocycles. The van der Waals surface area contributed by atoms with Crippen LogP contribution in [0.1, 0.15) is 20.3 Å². The number of nitrogens with two attached hydrogens (primary N) is 1. The van der Waals surface area contributed by atoms with Gasteiger partial charge in [-0.25, -0.2) is 0 Å². The molecule has 0 saturated carbocycles. The van der Waals surface area contributed by atoms with Gasteiger partial charge in [0.05, 0.1) is 12.1 Å². The molecule has 3 unspecified atom stereocenters. The molecular formula is C10H19N3O3. The summed E-state index contributed by atoms with van der Waals surface area (Å²) in [5, 5.41) is 14.7. The fourth-order valence-electron chi connectivity index (χ4n) is 1.74. The fraction of sp³-hybridized carbons (Fsp3) is 0.800. The number of nitrogens with one attached hydrogen (secondary N) is 2. The highest BCUT2D eigenvalue weighted by molar-refractivity contribution is 5.89. The van der Waals surface area contributed by atoms with Gasteiger partial charge in [-0.3, -0.25) is 9.59 Å². The van der Waals surface area contributed by atoms with Crippen molar-refractivity contribution in [2.75, 3.05) is 6.54 Å². The molecule has 0 aliphatic carbocycles. The third-order valence-corrected chi connectivity index (χ3v) is 2.70. The van der Waals surface area contributed by atoms with E-state index in [0.717, 1.165) is 0 Å². The predicted octanol–water partition coefficient (Wildman–Crippen LogP) is -1.66. The average molecular weight is 229 g/mol. The molecule has 6 heteroatoms. The van der Waals surface area contributed by atoms with Gasteiger partial charge in [0.25, 0.3) is 0 Å². The molecule has 1 aliphatic rings. The van der Waals surface area contributed by atoms with Crippen molar-refractivity contribution in [1.29, 1.82) is 0 Å². The first-order valence-corrected chi connectivity index (χ1v) is 5.43. The van der Waals surface area contributed by atoms with Crippen LogP contribution in [-0.4, -0.2) is 41.7 Å². The Morgan fingerprint density at radius 1 is 1.50 bits per heavy atom. The molecule has 1 rings (SSSR count). The minimum absolute atomic E-state index is 0.0484. The Morgan fingerprint density at radius 2 is 2.12 bits per heavy atom. The number of carbonyl (C=O) groups excluding carboxylic acids is 2. The smallest absolute Gasteiger partial charge is 0.240 e. The number of carbonyl (C=O) groups is 2. The molecule has 92 valence electrons. The first kappa shape index (κ1) is 12.9. The Balaban J connectivity index is 2.52. The summed E-state index contributed by atoms with van der Waals surface area (Å²) in [5.41, 5.74) is 5.19. The van der Waals surface area contributed by atoms with E-state index in [1.54, 1.807) is 0 Å². The van der Waals surface area contributed by atoms with Crippen LogP contribution in [0.3, 0.4) is 0 Å². The van der Waals surface area contributed by atoms with E-state index in [2.05, 4.69) is 10.6 Å². The largest absolute Gasteiger partial charge is 0.392 e. The zero-order valence-electron chi connectivity index (χ0n) is 9.56. The summed E-state index contributed by atoms with van der Waals surface area (Å²) in [4.78, 5) is 22.8. The number of rotatable bonds is 4. The van der Waals surface area contributed by atoms with E-state index < -0.39 is 24.1 Å². The lowest BCUT2D eigenvalue weighted by atomic mass is 10.0. The van der Waals surface area contributed by atoms with Gasteiger partial charge in [-0.05, 0) is 12.3 Å². The minimum atomic E-state index is -0.660. The van der Waals surface area contributed by atoms with Crippen LogP contribution in [0.5, 0.6) is 0 Å². The quantitative estimate of drug-likeness (QED) is 0.463. The number of β-amino-alcohol motifs (C(OH)–C–C–N with tert-alkyl or cyclic N) is 1. The van der Waals surface area contributed by atoms with Gasteiger partial charge >= 0.3 is 0 Å². The summed E-state index contributed by atoms with van der Waals surface area (Å²) < 4.78 is 0. The van der Waals surface area contributed by atoms with Crippen molar-refractivity contribution >= 4 is 11.8 Å². The predicted molar refractivity (Wildman–Crippen MR) is 58.4 cm³/mol. The van der Waals surface area contributed by atoms with E-state index in [1.165, 1.54) is 0 Å². The highest BCUT2D eigenvalue weighted by atomic mass is 16.3. The number of primary amides is 1. The SMILES string of the molecule is CC(C)C(NC(=O)C1CC(O)CN1)C(N)=O. The van der Waals surface area contributed by atoms with Crippen LogP contribution < -0.4 is 16.4 Å². The molecular weight excluding hydrogens is 210 g/mol. The standard InChI is InChI=1S/C10H19N3O3/c1-5(2)8(9(11)15)13-10(16)7-3-6(14)4-12-7/h5-8,12,14H,3-4H2,1-2H3,(H2,11,15)(H,13,16). The van der Waals surface area contributed by atoms with E-state index in [9.17, 15) is 14.7 Å². The van der Waals surface area contributed by atoms with Crippen LogP contribution >= 0.6 is 0 Å². The maximum absolute atomic E-state index is 11.7. The molecule has 3 atom stereocenters. The van der Waals surface area contributed by atoms with Gasteiger partial charge in [0.1, 0.15) is 6.04 Å². The lowest BCUT2D eigenvalue weighted by Gasteiger charge is -2.21. The molecule has 1 saturated heterocycles. The van der Waals surface area contributed by atoms with Crippen molar-refractivity contribution < 1.29 is 14.7 Å². The zero-order chi connectivity index (χ0) is 12.3. The van der Waals surface area contributed by atoms with Crippen molar-refractivity contribution in [1.82, 2.24) is 10.6 Å². The van der Waals surface area contributed by atoms with Crippen molar-refractivity contribution in [3.63, 3.8) is 0 Å². The zero-order valence-corrected chi connectivity index (χ0v) is 9.56. The highest BCUT2D eigenvalue weighted by Gasteiger charge is 2.31. The van der Waals surface area contributed by atoms with Gasteiger partial charge in [0.2, 0.25) is 11.8 Å². The second kappa shape index (κ2) is 5.27. The second-order valence-electron chi connectivity index (χ2n) is 4.48. The Bertz CT molecular complexity index is 280. The van der Waals surface area contributed by atoms with E-state index in [1.807, 2.05) is 13.8 Å². The molecule has 0 aromatic heterocycles. The number of hydrogen-bond donors (Lipinski definition) is 4. The topological polar surface area (TPSA) is 104 Å². The first-order chi connectivity index (χ1) is 7.41. The molecule has 0 aromatic rings. The molecule has 16 heavy (non-hydrogen) atoms. The summed E-state index contributed by atoms with van der Waals surface area (Å²) in [6, 6.07) is -1.09. The lowest BCUT2D eigenvalue weighted by molar-refractivity contribution is -0.129. The van der Waals surface area contributed by atoms with Crippen LogP contribution in [-0.2, 0) is 9.59 Å². The van der Waals surface area contributed by atoms with Crippen molar-refractivity contribution in [2.24, 2.45) is 11.7 Å². The highest BCUT2D eigenvalue weighted by Crippen LogP contribution is 2.08. The van der Waals surface area contributed by atoms with Gasteiger partial charge in [0.15, 0.2) is 0 Å². The van der Waals surface area contributed by atoms with Gasteiger partial charge in [0, 0.05) is 6.54 Å². The molecule has 5 N–H and O–H groups in total. The van der Waals surface area contributed by atoms with Gasteiger partial charge < -0.3 is 21.5 Å². The Hall–Kier alpha value is -1.14. The van der Waals surface area contributed by atoms with Gasteiger partial charge in [-0.2, -0.15) is 0 Å². The summed E-state index contributed by atoms with van der Waals surface area (Å²) in [5.74, 6) is -0.872. The van der Waals surface area contributed by atoms with E-state index in [-0.39, 0.29) is 11.8 Å². The van der Waals surface area contributed by atoms with Crippen molar-refractivity contribution in [3.05, 3.63) is 0 Å². The normalized spacial score (nSPS) is 26.8. The minimum Gasteiger partial charge on any atom is -0.392 e. The Labute approximate surface area is 94.6 Å². The molecule has 0 radical (unpaired) electrons. The van der Waals surface area contributed by atoms with Crippen LogP contribution in [0.25, 0.3) is 0 Å². The fourth-order valence-corrected chi connectivity index (χ4v) is 1.74. The third-order valence-electron chi connectivity index (χ3n) is 2.70. The summed E-state index contributed by atoms with van der Waals surface area (Å²) >= 11 is 0. The molecule has 0 spiro atoms. The maximum Gasteiger partial charge on any atom is 0.240 e. The summed E-state index contributed by atoms with van der Waals surface area (Å²) in [7, 11) is 0. The number of amides is 2. The molecule has 1 fully saturated rings. The van der Waals surface area contributed by atoms with Crippen LogP contribution in [0, 0.1) is 5.92 Å². The van der Waals surface area contributed by atoms with Gasteiger partial charge in [-0.15, -0.1) is 0 Å². The third kappa shape index (κ3) is 3.18. The summed E-state index contributed by atoms with van der Waals surface area (Å²) in [6.45, 7) is 4.03. The molecule has 1 aliphatic heterocycles. The van der Waals surface area contributed by atoms with E-state index in [4.69, 9.17) is 5.73 Å². The lowest BCUT2D eigenvalue weighted by Crippen LogP contribution is -2.52. The monoisotopic (exact) mass is 229 g/mol. The second-order valence-corrected chi connectivity index (χ2v) is 4.48. The molecule has 2 amide bonds. The number of hydrogen-bond acceptors (Lipinski definition) is 4. The van der Waals surface area contributed by atoms with Gasteiger partial charge in [-0.1, -0.05) is 13.8 Å². The molecule has 6 nitrogen and oxygen atoms in total. The van der Waals surface area contributed by atoms with E-state index >= 15 is 0 Å². The Kier molecular flexibility index (Phi) is 4.26. The Morgan fingerprint density at radius 3 is 2.50 bits per heavy atom. The molecule has 0 aromatic carbocycles. The number of aliphatic hydroxyl groups is 1. The van der Waals surface area contributed by atoms with Crippen molar-refractivity contribution in [2.45, 2.75) is 38.5 Å². The first-order valence-electron chi connectivity index (χ1n) is 5.43. The van der Waals surface area contributed by atoms with Crippen LogP contribution in [0.2, 0.25) is 0 Å². The molecule has 0 bridgehead atoms. The maximum atomic E-state index is 11.7.